The molecule has 0 aliphatic carbocycles. The van der Waals surface area contributed by atoms with E-state index in [9.17, 15) is 9.90 Å². The number of esters is 1. The summed E-state index contributed by atoms with van der Waals surface area (Å²) in [6.07, 6.45) is 0. The minimum Gasteiger partial charge on any atom is -0.506 e. The van der Waals surface area contributed by atoms with Gasteiger partial charge in [0, 0.05) is 11.5 Å². The highest BCUT2D eigenvalue weighted by Crippen LogP contribution is 2.35. The van der Waals surface area contributed by atoms with Gasteiger partial charge in [-0.1, -0.05) is 11.6 Å². The largest absolute Gasteiger partial charge is 0.506 e. The van der Waals surface area contributed by atoms with E-state index in [-0.39, 0.29) is 28.8 Å². The Morgan fingerprint density at radius 1 is 1.59 bits per heavy atom. The number of hydrogen-bond acceptors (Lipinski definition) is 5. The van der Waals surface area contributed by atoms with Crippen LogP contribution in [0.25, 0.3) is 11.0 Å². The van der Waals surface area contributed by atoms with Crippen molar-refractivity contribution in [3.63, 3.8) is 0 Å². The summed E-state index contributed by atoms with van der Waals surface area (Å²) in [4.78, 5) is 11.7. The minimum atomic E-state index is -0.592. The fraction of sp³-hybridized carbons (Fsp3) is 0.182. The Bertz CT molecular complexity index is 591. The molecular formula is C11H10ClNO4. The molecule has 0 aliphatic rings. The lowest BCUT2D eigenvalue weighted by Gasteiger charge is -2.00. The third-order valence-electron chi connectivity index (χ3n) is 2.26. The fourth-order valence-electron chi connectivity index (χ4n) is 1.54. The predicted octanol–water partition coefficient (Wildman–Crippen LogP) is 2.55. The fourth-order valence-corrected chi connectivity index (χ4v) is 1.69. The number of aromatic hydroxyl groups is 1. The van der Waals surface area contributed by atoms with Crippen molar-refractivity contribution >= 4 is 34.4 Å². The van der Waals surface area contributed by atoms with E-state index < -0.39 is 5.97 Å². The maximum Gasteiger partial charge on any atom is 0.344 e. The third-order valence-corrected chi connectivity index (χ3v) is 2.57. The molecule has 0 atom stereocenters. The van der Waals surface area contributed by atoms with Crippen molar-refractivity contribution < 1.29 is 19.1 Å². The zero-order valence-electron chi connectivity index (χ0n) is 8.99. The first-order valence-corrected chi connectivity index (χ1v) is 5.30. The van der Waals surface area contributed by atoms with E-state index in [2.05, 4.69) is 0 Å². The zero-order chi connectivity index (χ0) is 12.6. The van der Waals surface area contributed by atoms with Gasteiger partial charge in [0.05, 0.1) is 11.6 Å². The Morgan fingerprint density at radius 2 is 2.29 bits per heavy atom. The topological polar surface area (TPSA) is 85.7 Å². The highest BCUT2D eigenvalue weighted by molar-refractivity contribution is 6.33. The van der Waals surface area contributed by atoms with Crippen molar-refractivity contribution in [2.45, 2.75) is 6.92 Å². The molecule has 3 N–H and O–H groups in total. The van der Waals surface area contributed by atoms with E-state index in [0.717, 1.165) is 0 Å². The Morgan fingerprint density at radius 3 is 2.94 bits per heavy atom. The first kappa shape index (κ1) is 11.6. The number of carbonyl (C=O) groups is 1. The molecule has 1 aromatic carbocycles. The molecule has 0 saturated carbocycles. The number of anilines is 1. The highest BCUT2D eigenvalue weighted by Gasteiger charge is 2.21. The first-order valence-electron chi connectivity index (χ1n) is 4.92. The summed E-state index contributed by atoms with van der Waals surface area (Å²) in [7, 11) is 0. The second-order valence-corrected chi connectivity index (χ2v) is 3.77. The molecule has 0 bridgehead atoms. The second kappa shape index (κ2) is 4.18. The number of benzene rings is 1. The number of halogens is 1. The van der Waals surface area contributed by atoms with Gasteiger partial charge in [0.1, 0.15) is 16.9 Å². The molecule has 0 radical (unpaired) electrons. The molecule has 90 valence electrons. The van der Waals surface area contributed by atoms with Crippen LogP contribution in [-0.4, -0.2) is 17.7 Å². The van der Waals surface area contributed by atoms with Crippen molar-refractivity contribution in [2.75, 3.05) is 12.3 Å². The average molecular weight is 256 g/mol. The molecule has 2 rings (SSSR count). The van der Waals surface area contributed by atoms with Crippen LogP contribution in [0.5, 0.6) is 5.75 Å². The van der Waals surface area contributed by atoms with E-state index in [1.54, 1.807) is 6.92 Å². The molecule has 1 heterocycles. The van der Waals surface area contributed by atoms with Crippen molar-refractivity contribution in [1.82, 2.24) is 0 Å². The number of rotatable bonds is 2. The van der Waals surface area contributed by atoms with E-state index in [4.69, 9.17) is 26.5 Å². The number of furan rings is 1. The summed E-state index contributed by atoms with van der Waals surface area (Å²) in [5, 5.41) is 10.0. The van der Waals surface area contributed by atoms with Crippen LogP contribution in [0, 0.1) is 0 Å². The van der Waals surface area contributed by atoms with Crippen LogP contribution in [0.2, 0.25) is 5.02 Å². The van der Waals surface area contributed by atoms with Crippen LogP contribution in [-0.2, 0) is 4.74 Å². The van der Waals surface area contributed by atoms with Gasteiger partial charge in [-0.15, -0.1) is 0 Å². The van der Waals surface area contributed by atoms with Crippen LogP contribution in [0.3, 0.4) is 0 Å². The molecular weight excluding hydrogens is 246 g/mol. The Labute approximate surface area is 102 Å². The SMILES string of the molecule is CCOC(=O)c1c(N)oc2cc(Cl)c(O)cc12. The van der Waals surface area contributed by atoms with E-state index >= 15 is 0 Å². The number of phenolic OH excluding ortho intramolecular Hbond substituents is 1. The first-order chi connectivity index (χ1) is 8.04. The number of nitrogens with two attached hydrogens (primary N) is 1. The quantitative estimate of drug-likeness (QED) is 0.806. The molecule has 0 fully saturated rings. The average Bonchev–Trinajstić information content (AvgIpc) is 2.55. The third kappa shape index (κ3) is 1.89. The van der Waals surface area contributed by atoms with Gasteiger partial charge in [0.2, 0.25) is 5.88 Å². The summed E-state index contributed by atoms with van der Waals surface area (Å²) < 4.78 is 10.0. The normalized spacial score (nSPS) is 10.7. The predicted molar refractivity (Wildman–Crippen MR) is 63.3 cm³/mol. The molecule has 6 heteroatoms. The summed E-state index contributed by atoms with van der Waals surface area (Å²) in [6.45, 7) is 1.91. The van der Waals surface area contributed by atoms with E-state index in [1.807, 2.05) is 0 Å². The number of ether oxygens (including phenoxy) is 1. The van der Waals surface area contributed by atoms with Crippen molar-refractivity contribution in [3.05, 3.63) is 22.7 Å². The molecule has 1 aromatic heterocycles. The summed E-state index contributed by atoms with van der Waals surface area (Å²) >= 11 is 5.72. The van der Waals surface area contributed by atoms with Crippen LogP contribution >= 0.6 is 11.6 Å². The van der Waals surface area contributed by atoms with Gasteiger partial charge in [-0.3, -0.25) is 0 Å². The number of phenols is 1. The van der Waals surface area contributed by atoms with Crippen molar-refractivity contribution in [3.8, 4) is 5.75 Å². The van der Waals surface area contributed by atoms with Crippen LogP contribution in [0.4, 0.5) is 5.88 Å². The Hall–Kier alpha value is -1.88. The van der Waals surface area contributed by atoms with Gasteiger partial charge in [0.15, 0.2) is 0 Å². The Balaban J connectivity index is 2.66. The molecule has 17 heavy (non-hydrogen) atoms. The van der Waals surface area contributed by atoms with Gasteiger partial charge in [0.25, 0.3) is 0 Å². The van der Waals surface area contributed by atoms with Crippen molar-refractivity contribution in [2.24, 2.45) is 0 Å². The smallest absolute Gasteiger partial charge is 0.344 e. The van der Waals surface area contributed by atoms with Gasteiger partial charge < -0.3 is 20.0 Å². The molecule has 0 aliphatic heterocycles. The highest BCUT2D eigenvalue weighted by atomic mass is 35.5. The maximum atomic E-state index is 11.7. The molecule has 0 unspecified atom stereocenters. The summed E-state index contributed by atoms with van der Waals surface area (Å²) in [5.41, 5.74) is 6.03. The van der Waals surface area contributed by atoms with Crippen LogP contribution < -0.4 is 5.73 Å². The zero-order valence-corrected chi connectivity index (χ0v) is 9.75. The monoisotopic (exact) mass is 255 g/mol. The van der Waals surface area contributed by atoms with Gasteiger partial charge in [-0.05, 0) is 13.0 Å². The molecule has 2 aromatic rings. The molecule has 0 spiro atoms. The number of fused-ring (bicyclic) bond motifs is 1. The van der Waals surface area contributed by atoms with Crippen LogP contribution in [0.1, 0.15) is 17.3 Å². The molecule has 5 nitrogen and oxygen atoms in total. The van der Waals surface area contributed by atoms with E-state index in [0.29, 0.717) is 11.0 Å². The standard InChI is InChI=1S/C11H10ClNO4/c1-2-16-11(15)9-5-3-7(14)6(12)4-8(5)17-10(9)13/h3-4,14H,2,13H2,1H3. The number of hydrogen-bond donors (Lipinski definition) is 2. The Kier molecular flexibility index (Phi) is 2.85. The summed E-state index contributed by atoms with van der Waals surface area (Å²) in [5.74, 6) is -0.795. The van der Waals surface area contributed by atoms with Crippen LogP contribution in [0.15, 0.2) is 16.5 Å². The maximum absolute atomic E-state index is 11.7. The van der Waals surface area contributed by atoms with Gasteiger partial charge >= 0.3 is 5.97 Å². The lowest BCUT2D eigenvalue weighted by Crippen LogP contribution is -2.06. The molecule has 0 amide bonds. The lowest BCUT2D eigenvalue weighted by molar-refractivity contribution is 0.0529. The van der Waals surface area contributed by atoms with Gasteiger partial charge in [-0.2, -0.15) is 0 Å². The molecule has 0 saturated heterocycles. The second-order valence-electron chi connectivity index (χ2n) is 3.36. The van der Waals surface area contributed by atoms with Gasteiger partial charge in [-0.25, -0.2) is 4.79 Å². The van der Waals surface area contributed by atoms with Crippen molar-refractivity contribution in [1.29, 1.82) is 0 Å². The lowest BCUT2D eigenvalue weighted by atomic mass is 10.1. The van der Waals surface area contributed by atoms with E-state index in [1.165, 1.54) is 12.1 Å². The number of nitrogen functional groups attached to an aromatic ring is 1. The number of carbonyl (C=O) groups excluding carboxylic acids is 1. The summed E-state index contributed by atoms with van der Waals surface area (Å²) in [6, 6.07) is 2.72. The minimum absolute atomic E-state index is 0.0554.